The van der Waals surface area contributed by atoms with Crippen LogP contribution in [0.15, 0.2) is 36.7 Å². The van der Waals surface area contributed by atoms with Crippen LogP contribution < -0.4 is 5.32 Å². The van der Waals surface area contributed by atoms with Gasteiger partial charge >= 0.3 is 0 Å². The fourth-order valence-electron chi connectivity index (χ4n) is 1.92. The summed E-state index contributed by atoms with van der Waals surface area (Å²) in [5, 5.41) is 7.82. The molecule has 1 N–H and O–H groups in total. The molecule has 0 atom stereocenters. The minimum absolute atomic E-state index is 0.774. The van der Waals surface area contributed by atoms with Crippen LogP contribution in [0.2, 0.25) is 0 Å². The standard InChI is InChI=1S/C14H16IN3/c15-13-8-17-18(10-13)9-12-3-1-11(2-4-12)7-16-14-5-6-14/h1-4,8,10,14,16H,5-7,9H2. The number of hydrogen-bond acceptors (Lipinski definition) is 2. The van der Waals surface area contributed by atoms with E-state index in [4.69, 9.17) is 0 Å². The normalized spacial score (nSPS) is 14.9. The average molecular weight is 353 g/mol. The van der Waals surface area contributed by atoms with E-state index in [-0.39, 0.29) is 0 Å². The van der Waals surface area contributed by atoms with Crippen LogP contribution in [0.3, 0.4) is 0 Å². The van der Waals surface area contributed by atoms with Gasteiger partial charge in [-0.15, -0.1) is 0 Å². The van der Waals surface area contributed by atoms with Gasteiger partial charge in [0, 0.05) is 18.8 Å². The lowest BCUT2D eigenvalue weighted by atomic mass is 10.1. The maximum absolute atomic E-state index is 4.30. The van der Waals surface area contributed by atoms with Crippen LogP contribution >= 0.6 is 22.6 Å². The second-order valence-electron chi connectivity index (χ2n) is 4.83. The van der Waals surface area contributed by atoms with Crippen LogP contribution in [-0.2, 0) is 13.1 Å². The highest BCUT2D eigenvalue weighted by molar-refractivity contribution is 14.1. The summed E-state index contributed by atoms with van der Waals surface area (Å²) in [7, 11) is 0. The highest BCUT2D eigenvalue weighted by Crippen LogP contribution is 2.19. The zero-order valence-electron chi connectivity index (χ0n) is 10.1. The summed E-state index contributed by atoms with van der Waals surface area (Å²) in [5.74, 6) is 0. The summed E-state index contributed by atoms with van der Waals surface area (Å²) >= 11 is 2.28. The Morgan fingerprint density at radius 2 is 1.94 bits per heavy atom. The summed E-state index contributed by atoms with van der Waals surface area (Å²) in [4.78, 5) is 0. The van der Waals surface area contributed by atoms with Crippen LogP contribution in [0.1, 0.15) is 24.0 Å². The fraction of sp³-hybridized carbons (Fsp3) is 0.357. The molecule has 1 heterocycles. The van der Waals surface area contributed by atoms with Gasteiger partial charge in [0.2, 0.25) is 0 Å². The zero-order valence-corrected chi connectivity index (χ0v) is 12.3. The molecular formula is C14H16IN3. The SMILES string of the molecule is Ic1cnn(Cc2ccc(CNC3CC3)cc2)c1. The van der Waals surface area contributed by atoms with Gasteiger partial charge in [-0.25, -0.2) is 0 Å². The molecule has 1 aromatic carbocycles. The highest BCUT2D eigenvalue weighted by Gasteiger charge is 2.19. The molecule has 0 amide bonds. The van der Waals surface area contributed by atoms with E-state index >= 15 is 0 Å². The Balaban J connectivity index is 1.59. The summed E-state index contributed by atoms with van der Waals surface area (Å²) in [6.07, 6.45) is 6.63. The molecule has 18 heavy (non-hydrogen) atoms. The summed E-state index contributed by atoms with van der Waals surface area (Å²) in [6.45, 7) is 1.84. The predicted octanol–water partition coefficient (Wildman–Crippen LogP) is 2.79. The third-order valence-electron chi connectivity index (χ3n) is 3.14. The van der Waals surface area contributed by atoms with Crippen molar-refractivity contribution < 1.29 is 0 Å². The zero-order chi connectivity index (χ0) is 12.4. The first kappa shape index (κ1) is 12.2. The molecule has 2 aromatic rings. The molecule has 0 spiro atoms. The molecule has 1 saturated carbocycles. The first-order valence-corrected chi connectivity index (χ1v) is 7.36. The average Bonchev–Trinajstić information content (AvgIpc) is 3.12. The van der Waals surface area contributed by atoms with Gasteiger partial charge < -0.3 is 5.32 Å². The molecule has 94 valence electrons. The number of aromatic nitrogens is 2. The number of nitrogens with one attached hydrogen (secondary N) is 1. The molecule has 0 radical (unpaired) electrons. The van der Waals surface area contributed by atoms with Crippen LogP contribution in [-0.4, -0.2) is 15.8 Å². The third kappa shape index (κ3) is 3.32. The molecule has 0 bridgehead atoms. The van der Waals surface area contributed by atoms with Gasteiger partial charge in [0.05, 0.1) is 16.3 Å². The number of rotatable bonds is 5. The topological polar surface area (TPSA) is 29.9 Å². The molecule has 0 saturated heterocycles. The monoisotopic (exact) mass is 353 g/mol. The van der Waals surface area contributed by atoms with Crippen molar-refractivity contribution in [2.75, 3.05) is 0 Å². The fourth-order valence-corrected chi connectivity index (χ4v) is 2.37. The van der Waals surface area contributed by atoms with E-state index in [1.165, 1.54) is 27.5 Å². The van der Waals surface area contributed by atoms with Crippen molar-refractivity contribution in [3.05, 3.63) is 51.4 Å². The molecule has 0 unspecified atom stereocenters. The van der Waals surface area contributed by atoms with Gasteiger partial charge in [-0.3, -0.25) is 4.68 Å². The minimum atomic E-state index is 0.774. The summed E-state index contributed by atoms with van der Waals surface area (Å²) < 4.78 is 3.15. The van der Waals surface area contributed by atoms with Gasteiger partial charge in [0.1, 0.15) is 0 Å². The Morgan fingerprint density at radius 3 is 2.56 bits per heavy atom. The Labute approximate surface area is 121 Å². The van der Waals surface area contributed by atoms with Gasteiger partial charge in [0.15, 0.2) is 0 Å². The summed E-state index contributed by atoms with van der Waals surface area (Å²) in [6, 6.07) is 9.57. The second-order valence-corrected chi connectivity index (χ2v) is 6.07. The molecule has 1 aliphatic carbocycles. The van der Waals surface area contributed by atoms with E-state index < -0.39 is 0 Å². The first-order valence-electron chi connectivity index (χ1n) is 6.29. The van der Waals surface area contributed by atoms with Crippen LogP contribution in [0.5, 0.6) is 0 Å². The number of halogens is 1. The molecule has 3 nitrogen and oxygen atoms in total. The Kier molecular flexibility index (Phi) is 3.65. The Morgan fingerprint density at radius 1 is 1.22 bits per heavy atom. The molecule has 4 heteroatoms. The van der Waals surface area contributed by atoms with Crippen LogP contribution in [0.4, 0.5) is 0 Å². The smallest absolute Gasteiger partial charge is 0.0659 e. The number of hydrogen-bond donors (Lipinski definition) is 1. The lowest BCUT2D eigenvalue weighted by Gasteiger charge is -2.05. The largest absolute Gasteiger partial charge is 0.310 e. The van der Waals surface area contributed by atoms with E-state index in [2.05, 4.69) is 63.5 Å². The molecule has 1 fully saturated rings. The third-order valence-corrected chi connectivity index (χ3v) is 3.70. The molecule has 0 aliphatic heterocycles. The van der Waals surface area contributed by atoms with E-state index in [1.807, 2.05) is 10.9 Å². The maximum atomic E-state index is 4.30. The Bertz CT molecular complexity index is 514. The van der Waals surface area contributed by atoms with Crippen molar-refractivity contribution in [1.82, 2.24) is 15.1 Å². The predicted molar refractivity (Wildman–Crippen MR) is 80.3 cm³/mol. The van der Waals surface area contributed by atoms with Crippen molar-refractivity contribution in [1.29, 1.82) is 0 Å². The number of nitrogens with zero attached hydrogens (tertiary/aromatic N) is 2. The minimum Gasteiger partial charge on any atom is -0.310 e. The molecular weight excluding hydrogens is 337 g/mol. The van der Waals surface area contributed by atoms with Gasteiger partial charge in [-0.1, -0.05) is 24.3 Å². The van der Waals surface area contributed by atoms with Gasteiger partial charge in [-0.2, -0.15) is 5.10 Å². The van der Waals surface area contributed by atoms with E-state index in [0.29, 0.717) is 0 Å². The van der Waals surface area contributed by atoms with Crippen molar-refractivity contribution in [3.63, 3.8) is 0 Å². The van der Waals surface area contributed by atoms with Crippen molar-refractivity contribution in [2.24, 2.45) is 0 Å². The van der Waals surface area contributed by atoms with Gasteiger partial charge in [-0.05, 0) is 46.6 Å². The van der Waals surface area contributed by atoms with Crippen LogP contribution in [0, 0.1) is 3.57 Å². The molecule has 3 rings (SSSR count). The quantitative estimate of drug-likeness (QED) is 0.838. The second kappa shape index (κ2) is 5.40. The van der Waals surface area contributed by atoms with E-state index in [0.717, 1.165) is 19.1 Å². The van der Waals surface area contributed by atoms with Crippen molar-refractivity contribution in [3.8, 4) is 0 Å². The Hall–Kier alpha value is -0.880. The first-order chi connectivity index (χ1) is 8.79. The van der Waals surface area contributed by atoms with Gasteiger partial charge in [0.25, 0.3) is 0 Å². The number of benzene rings is 1. The summed E-state index contributed by atoms with van der Waals surface area (Å²) in [5.41, 5.74) is 2.66. The van der Waals surface area contributed by atoms with E-state index in [1.54, 1.807) is 0 Å². The lowest BCUT2D eigenvalue weighted by Crippen LogP contribution is -2.15. The van der Waals surface area contributed by atoms with Crippen molar-refractivity contribution >= 4 is 22.6 Å². The van der Waals surface area contributed by atoms with Crippen molar-refractivity contribution in [2.45, 2.75) is 32.0 Å². The molecule has 1 aliphatic rings. The van der Waals surface area contributed by atoms with Crippen LogP contribution in [0.25, 0.3) is 0 Å². The van der Waals surface area contributed by atoms with E-state index in [9.17, 15) is 0 Å². The maximum Gasteiger partial charge on any atom is 0.0659 e. The lowest BCUT2D eigenvalue weighted by molar-refractivity contribution is 0.679. The molecule has 1 aromatic heterocycles. The highest BCUT2D eigenvalue weighted by atomic mass is 127.